The van der Waals surface area contributed by atoms with Crippen molar-refractivity contribution in [3.63, 3.8) is 0 Å². The summed E-state index contributed by atoms with van der Waals surface area (Å²) in [4.78, 5) is 3.38. The van der Waals surface area contributed by atoms with Crippen molar-refractivity contribution in [2.75, 3.05) is 5.73 Å². The fraction of sp³-hybridized carbons (Fsp3) is 0.500. The molecule has 0 spiro atoms. The van der Waals surface area contributed by atoms with Gasteiger partial charge < -0.3 is 16.8 Å². The standard InChI is InChI=1S/C6H4F3N2.C6H12O.Be/c7-6(8,9)4-1-2-11-5(10)3-4;1-5(2)6(3,4)7;/h2-3H,(H2,10,11);1-4H3;/q-1;-2;+2. The van der Waals surface area contributed by atoms with Crippen LogP contribution >= 0.6 is 0 Å². The molecule has 0 aromatic carbocycles. The number of halogens is 3. The van der Waals surface area contributed by atoms with E-state index in [1.807, 2.05) is 19.9 Å². The van der Waals surface area contributed by atoms with Crippen LogP contribution in [0, 0.1) is 12.0 Å². The molecule has 1 aromatic heterocycles. The molecule has 1 rings (SSSR count). The first-order valence-corrected chi connectivity index (χ1v) is 5.16. The molecular weight excluding hydrogens is 254 g/mol. The Bertz CT molecular complexity index is 376. The van der Waals surface area contributed by atoms with Gasteiger partial charge in [0.1, 0.15) is 0 Å². The summed E-state index contributed by atoms with van der Waals surface area (Å²) in [7, 11) is 0. The second-order valence-corrected chi connectivity index (χ2v) is 4.39. The van der Waals surface area contributed by atoms with Crippen LogP contribution in [-0.2, 0) is 6.18 Å². The molecule has 0 saturated heterocycles. The summed E-state index contributed by atoms with van der Waals surface area (Å²) >= 11 is 0. The van der Waals surface area contributed by atoms with E-state index in [4.69, 9.17) is 5.73 Å². The van der Waals surface area contributed by atoms with E-state index < -0.39 is 17.3 Å². The van der Waals surface area contributed by atoms with Crippen molar-refractivity contribution in [1.82, 2.24) is 4.98 Å². The number of pyridine rings is 1. The van der Waals surface area contributed by atoms with Crippen LogP contribution in [0.15, 0.2) is 12.3 Å². The zero-order valence-corrected chi connectivity index (χ0v) is 11.4. The third kappa shape index (κ3) is 8.56. The summed E-state index contributed by atoms with van der Waals surface area (Å²) in [5.41, 5.74) is 3.29. The number of hydrogen-bond donors (Lipinski definition) is 1. The quantitative estimate of drug-likeness (QED) is 0.625. The molecular formula is C12H16BeF3N2O-. The Hall–Kier alpha value is -1.13. The van der Waals surface area contributed by atoms with Crippen LogP contribution in [0.3, 0.4) is 0 Å². The van der Waals surface area contributed by atoms with Gasteiger partial charge in [0.05, 0.1) is 0 Å². The first kappa shape index (κ1) is 20.2. The van der Waals surface area contributed by atoms with E-state index in [1.165, 1.54) is 0 Å². The van der Waals surface area contributed by atoms with E-state index in [0.717, 1.165) is 18.2 Å². The first-order valence-electron chi connectivity index (χ1n) is 5.16. The van der Waals surface area contributed by atoms with E-state index in [0.29, 0.717) is 0 Å². The summed E-state index contributed by atoms with van der Waals surface area (Å²) in [5, 5.41) is 10.8. The van der Waals surface area contributed by atoms with Crippen molar-refractivity contribution in [3.05, 3.63) is 29.8 Å². The third-order valence-electron chi connectivity index (χ3n) is 2.24. The molecule has 0 aliphatic carbocycles. The Morgan fingerprint density at radius 3 is 1.95 bits per heavy atom. The minimum absolute atomic E-state index is 0. The topological polar surface area (TPSA) is 62.0 Å². The number of rotatable bonds is 1. The minimum atomic E-state index is -4.39. The molecule has 7 heteroatoms. The van der Waals surface area contributed by atoms with Gasteiger partial charge in [-0.1, -0.05) is 6.20 Å². The molecule has 0 aliphatic heterocycles. The Balaban J connectivity index is 0. The molecule has 104 valence electrons. The largest absolute Gasteiger partial charge is 2.00 e. The predicted octanol–water partition coefficient (Wildman–Crippen LogP) is 1.84. The molecule has 0 unspecified atom stereocenters. The van der Waals surface area contributed by atoms with Crippen molar-refractivity contribution < 1.29 is 18.3 Å². The van der Waals surface area contributed by atoms with Gasteiger partial charge in [-0.25, -0.2) is 6.07 Å². The average molecular weight is 270 g/mol. The van der Waals surface area contributed by atoms with Gasteiger partial charge in [0, 0.05) is 5.82 Å². The molecule has 0 aliphatic rings. The summed E-state index contributed by atoms with van der Waals surface area (Å²) in [6, 6.07) is 2.67. The van der Waals surface area contributed by atoms with Gasteiger partial charge in [0.25, 0.3) is 0 Å². The third-order valence-corrected chi connectivity index (χ3v) is 2.24. The van der Waals surface area contributed by atoms with E-state index in [9.17, 15) is 18.3 Å². The van der Waals surface area contributed by atoms with Crippen molar-refractivity contribution >= 4 is 15.9 Å². The van der Waals surface area contributed by atoms with E-state index in [1.54, 1.807) is 13.8 Å². The fourth-order valence-electron chi connectivity index (χ4n) is 0.567. The molecule has 2 N–H and O–H groups in total. The SMILES string of the molecule is C[C-](C)C(C)(C)[O-].Nc1cc(C(F)(F)F)[c-]cn1.[Be+2]. The van der Waals surface area contributed by atoms with Crippen molar-refractivity contribution in [2.45, 2.75) is 39.5 Å². The van der Waals surface area contributed by atoms with Crippen molar-refractivity contribution in [3.8, 4) is 0 Å². The number of aromatic nitrogens is 1. The maximum absolute atomic E-state index is 11.9. The van der Waals surface area contributed by atoms with Crippen LogP contribution in [0.25, 0.3) is 0 Å². The number of nitrogens with two attached hydrogens (primary N) is 1. The van der Waals surface area contributed by atoms with E-state index in [-0.39, 0.29) is 15.9 Å². The number of nitrogens with zero attached hydrogens (tertiary/aromatic N) is 1. The van der Waals surface area contributed by atoms with Gasteiger partial charge in [-0.2, -0.15) is 33.1 Å². The molecule has 0 atom stereocenters. The molecule has 1 heterocycles. The summed E-state index contributed by atoms with van der Waals surface area (Å²) in [6.45, 7) is 7.05. The first-order chi connectivity index (χ1) is 7.94. The Morgan fingerprint density at radius 1 is 1.32 bits per heavy atom. The Kier molecular flexibility index (Phi) is 7.92. The van der Waals surface area contributed by atoms with Gasteiger partial charge in [-0.05, 0) is 0 Å². The summed E-state index contributed by atoms with van der Waals surface area (Å²) in [6.07, 6.45) is -3.49. The van der Waals surface area contributed by atoms with Crippen LogP contribution < -0.4 is 10.8 Å². The normalized spacial score (nSPS) is 11.4. The number of alkyl halides is 3. The molecule has 3 nitrogen and oxygen atoms in total. The smallest absolute Gasteiger partial charge is 0.873 e. The van der Waals surface area contributed by atoms with Crippen LogP contribution in [0.1, 0.15) is 33.3 Å². The number of nitrogen functional groups attached to an aromatic ring is 1. The Morgan fingerprint density at radius 2 is 1.74 bits per heavy atom. The molecule has 0 saturated carbocycles. The maximum atomic E-state index is 11.9. The van der Waals surface area contributed by atoms with Gasteiger partial charge in [-0.3, -0.25) is 10.6 Å². The number of hydrogen-bond acceptors (Lipinski definition) is 3. The molecule has 1 aromatic rings. The second kappa shape index (κ2) is 7.46. The van der Waals surface area contributed by atoms with Crippen LogP contribution in [0.2, 0.25) is 0 Å². The zero-order chi connectivity index (χ0) is 14.6. The predicted molar refractivity (Wildman–Crippen MR) is 66.9 cm³/mol. The molecule has 19 heavy (non-hydrogen) atoms. The molecule has 0 bridgehead atoms. The van der Waals surface area contributed by atoms with Crippen LogP contribution in [-0.4, -0.2) is 20.7 Å². The van der Waals surface area contributed by atoms with E-state index >= 15 is 0 Å². The monoisotopic (exact) mass is 270 g/mol. The fourth-order valence-corrected chi connectivity index (χ4v) is 0.567. The molecule has 0 fully saturated rings. The van der Waals surface area contributed by atoms with Gasteiger partial charge in [0.15, 0.2) is 0 Å². The minimum Gasteiger partial charge on any atom is -0.873 e. The van der Waals surface area contributed by atoms with Crippen molar-refractivity contribution in [2.24, 2.45) is 0 Å². The summed E-state index contributed by atoms with van der Waals surface area (Å²) in [5.74, 6) is 0.781. The van der Waals surface area contributed by atoms with Crippen LogP contribution in [0.4, 0.5) is 19.0 Å². The van der Waals surface area contributed by atoms with E-state index in [2.05, 4.69) is 4.98 Å². The Labute approximate surface area is 115 Å². The van der Waals surface area contributed by atoms with Gasteiger partial charge in [-0.15, -0.1) is 19.4 Å². The summed E-state index contributed by atoms with van der Waals surface area (Å²) < 4.78 is 35.6. The zero-order valence-electron chi connectivity index (χ0n) is 11.4. The molecule has 0 radical (unpaired) electrons. The van der Waals surface area contributed by atoms with Crippen LogP contribution in [0.5, 0.6) is 0 Å². The average Bonchev–Trinajstić information content (AvgIpc) is 2.15. The number of anilines is 1. The van der Waals surface area contributed by atoms with Gasteiger partial charge in [0.2, 0.25) is 0 Å². The van der Waals surface area contributed by atoms with Gasteiger partial charge >= 0.3 is 16.3 Å². The molecule has 0 amide bonds. The second-order valence-electron chi connectivity index (χ2n) is 4.39. The maximum Gasteiger partial charge on any atom is 2.00 e. The van der Waals surface area contributed by atoms with Crippen molar-refractivity contribution in [1.29, 1.82) is 0 Å².